The van der Waals surface area contributed by atoms with E-state index < -0.39 is 0 Å². The van der Waals surface area contributed by atoms with E-state index in [0.29, 0.717) is 11.6 Å². The van der Waals surface area contributed by atoms with E-state index >= 15 is 0 Å². The maximum absolute atomic E-state index is 11.8. The number of rotatable bonds is 5. The number of anilines is 1. The number of morpholine rings is 1. The molecule has 1 aromatic heterocycles. The van der Waals surface area contributed by atoms with Gasteiger partial charge in [-0.15, -0.1) is 3.96 Å². The van der Waals surface area contributed by atoms with Crippen molar-refractivity contribution in [3.05, 3.63) is 35.5 Å². The summed E-state index contributed by atoms with van der Waals surface area (Å²) in [6.45, 7) is 5.57. The van der Waals surface area contributed by atoms with Gasteiger partial charge in [-0.1, -0.05) is 23.7 Å². The van der Waals surface area contributed by atoms with Crippen LogP contribution in [0.15, 0.2) is 30.5 Å². The lowest BCUT2D eigenvalue weighted by atomic mass is 10.1. The van der Waals surface area contributed by atoms with Crippen LogP contribution < -0.4 is 25.8 Å². The van der Waals surface area contributed by atoms with Crippen molar-refractivity contribution in [2.45, 2.75) is 13.5 Å². The van der Waals surface area contributed by atoms with Gasteiger partial charge in [0.2, 0.25) is 0 Å². The molecule has 8 heteroatoms. The second kappa shape index (κ2) is 9.52. The molecule has 5 nitrogen and oxygen atoms in total. The number of aromatic nitrogens is 1. The highest BCUT2D eigenvalue weighted by Crippen LogP contribution is 2.34. The van der Waals surface area contributed by atoms with Gasteiger partial charge in [0.15, 0.2) is 22.7 Å². The molecule has 0 radical (unpaired) electrons. The third-order valence-electron chi connectivity index (χ3n) is 3.75. The molecule has 1 aliphatic heterocycles. The number of carbonyl (C=O) groups is 1. The molecule has 0 unspecified atom stereocenters. The molecule has 1 fully saturated rings. The maximum Gasteiger partial charge on any atom is 0.373 e. The van der Waals surface area contributed by atoms with Crippen LogP contribution >= 0.6 is 23.1 Å². The smallest absolute Gasteiger partial charge is 0.373 e. The Morgan fingerprint density at radius 1 is 1.32 bits per heavy atom. The molecule has 0 bridgehead atoms. The largest absolute Gasteiger partial charge is 1.00 e. The predicted molar refractivity (Wildman–Crippen MR) is 94.6 cm³/mol. The second-order valence-electron chi connectivity index (χ2n) is 5.43. The lowest BCUT2D eigenvalue weighted by Gasteiger charge is -2.26. The Morgan fingerprint density at radius 3 is 2.64 bits per heavy atom. The fourth-order valence-corrected chi connectivity index (χ4v) is 3.86. The summed E-state index contributed by atoms with van der Waals surface area (Å²) in [6.07, 6.45) is 2.01. The first-order valence-corrected chi connectivity index (χ1v) is 9.10. The molecular formula is C17H20BrClN2O3S. The quantitative estimate of drug-likeness (QED) is 0.469. The average molecular weight is 448 g/mol. The van der Waals surface area contributed by atoms with Gasteiger partial charge in [-0.05, 0) is 24.6 Å². The van der Waals surface area contributed by atoms with E-state index in [2.05, 4.69) is 4.90 Å². The van der Waals surface area contributed by atoms with Crippen LogP contribution in [0.2, 0.25) is 5.02 Å². The maximum atomic E-state index is 11.8. The zero-order valence-corrected chi connectivity index (χ0v) is 17.1. The van der Waals surface area contributed by atoms with Gasteiger partial charge >= 0.3 is 5.97 Å². The number of hydrogen-bond acceptors (Lipinski definition) is 5. The van der Waals surface area contributed by atoms with Crippen LogP contribution in [-0.4, -0.2) is 38.9 Å². The summed E-state index contributed by atoms with van der Waals surface area (Å²) in [6, 6.07) is 7.77. The number of ether oxygens (including phenoxy) is 2. The molecule has 2 aromatic rings. The summed E-state index contributed by atoms with van der Waals surface area (Å²) >= 11 is 7.58. The second-order valence-corrected chi connectivity index (χ2v) is 6.90. The highest BCUT2D eigenvalue weighted by Gasteiger charge is 2.26. The van der Waals surface area contributed by atoms with Crippen molar-refractivity contribution >= 4 is 34.1 Å². The third kappa shape index (κ3) is 5.17. The number of hydrogen-bond donors (Lipinski definition) is 0. The van der Waals surface area contributed by atoms with Crippen LogP contribution in [0.25, 0.3) is 11.1 Å². The minimum absolute atomic E-state index is 0. The summed E-state index contributed by atoms with van der Waals surface area (Å²) in [4.78, 5) is 14.1. The summed E-state index contributed by atoms with van der Waals surface area (Å²) in [5, 5.41) is 1.85. The van der Waals surface area contributed by atoms with Gasteiger partial charge in [-0.25, -0.2) is 4.79 Å². The standard InChI is InChI=1S/C17H20ClN2O3S.BrH/c1-2-23-16(21)12-20-11-15(13-3-5-14(18)6-4-13)17(24-20)19-7-9-22-10-8-19;/h3-6,11H,2,7-10,12H2,1H3;1H/q+1;/p-1. The van der Waals surface area contributed by atoms with Crippen LogP contribution in [0.3, 0.4) is 0 Å². The number of nitrogens with zero attached hydrogens (tertiary/aromatic N) is 2. The van der Waals surface area contributed by atoms with Gasteiger partial charge in [0.25, 0.3) is 6.54 Å². The molecule has 0 amide bonds. The molecule has 0 atom stereocenters. The molecule has 1 saturated heterocycles. The van der Waals surface area contributed by atoms with Crippen LogP contribution in [0, 0.1) is 0 Å². The summed E-state index contributed by atoms with van der Waals surface area (Å²) < 4.78 is 12.4. The molecule has 0 aliphatic carbocycles. The monoisotopic (exact) mass is 446 g/mol. The first-order valence-electron chi connectivity index (χ1n) is 7.95. The van der Waals surface area contributed by atoms with Gasteiger partial charge in [0, 0.05) is 18.1 Å². The molecule has 0 N–H and O–H groups in total. The van der Waals surface area contributed by atoms with E-state index in [1.807, 2.05) is 41.3 Å². The Labute approximate surface area is 167 Å². The third-order valence-corrected chi connectivity index (χ3v) is 5.12. The SMILES string of the molecule is CCOC(=O)C[n+]1cc(-c2ccc(Cl)cc2)c(N2CCOCC2)s1.[Br-]. The van der Waals surface area contributed by atoms with E-state index in [1.165, 1.54) is 0 Å². The minimum atomic E-state index is -0.222. The number of esters is 1. The lowest BCUT2D eigenvalue weighted by molar-refractivity contribution is -0.616. The number of carbonyl (C=O) groups excluding carboxylic acids is 1. The first-order chi connectivity index (χ1) is 11.7. The van der Waals surface area contributed by atoms with E-state index in [9.17, 15) is 4.79 Å². The Hall–Kier alpha value is -1.15. The minimum Gasteiger partial charge on any atom is -1.00 e. The van der Waals surface area contributed by atoms with E-state index in [1.54, 1.807) is 11.5 Å². The van der Waals surface area contributed by atoms with Gasteiger partial charge in [0.1, 0.15) is 0 Å². The zero-order valence-electron chi connectivity index (χ0n) is 13.9. The van der Waals surface area contributed by atoms with E-state index in [-0.39, 0.29) is 29.5 Å². The van der Waals surface area contributed by atoms with Crippen molar-refractivity contribution in [1.82, 2.24) is 0 Å². The number of benzene rings is 1. The van der Waals surface area contributed by atoms with Gasteiger partial charge in [-0.3, -0.25) is 0 Å². The lowest BCUT2D eigenvalue weighted by Crippen LogP contribution is -3.00. The molecule has 25 heavy (non-hydrogen) atoms. The Balaban J connectivity index is 0.00000225. The summed E-state index contributed by atoms with van der Waals surface area (Å²) in [5.74, 6) is -0.222. The summed E-state index contributed by atoms with van der Waals surface area (Å²) in [7, 11) is 0. The normalized spacial score (nSPS) is 14.1. The van der Waals surface area contributed by atoms with Crippen LogP contribution in [0.5, 0.6) is 0 Å². The van der Waals surface area contributed by atoms with Crippen LogP contribution in [0.1, 0.15) is 6.92 Å². The predicted octanol–water partition coefficient (Wildman–Crippen LogP) is -0.240. The average Bonchev–Trinajstić information content (AvgIpc) is 3.00. The van der Waals surface area contributed by atoms with Crippen molar-refractivity contribution in [3.63, 3.8) is 0 Å². The van der Waals surface area contributed by atoms with Crippen LogP contribution in [-0.2, 0) is 20.8 Å². The molecule has 3 rings (SSSR count). The molecule has 1 aliphatic rings. The van der Waals surface area contributed by atoms with Gasteiger partial charge in [-0.2, -0.15) is 0 Å². The number of halogens is 2. The topological polar surface area (TPSA) is 42.7 Å². The Morgan fingerprint density at radius 2 is 2.00 bits per heavy atom. The van der Waals surface area contributed by atoms with Crippen molar-refractivity contribution in [2.24, 2.45) is 0 Å². The first kappa shape index (κ1) is 20.2. The molecule has 0 spiro atoms. The van der Waals surface area contributed by atoms with E-state index in [4.69, 9.17) is 21.1 Å². The molecule has 136 valence electrons. The summed E-state index contributed by atoms with van der Waals surface area (Å²) in [5.41, 5.74) is 2.18. The fraction of sp³-hybridized carbons (Fsp3) is 0.412. The van der Waals surface area contributed by atoms with Crippen molar-refractivity contribution in [3.8, 4) is 11.1 Å². The van der Waals surface area contributed by atoms with E-state index in [0.717, 1.165) is 42.4 Å². The highest BCUT2D eigenvalue weighted by molar-refractivity contribution is 7.07. The van der Waals surface area contributed by atoms with Crippen molar-refractivity contribution in [1.29, 1.82) is 0 Å². The van der Waals surface area contributed by atoms with Gasteiger partial charge in [0.05, 0.1) is 25.4 Å². The van der Waals surface area contributed by atoms with Crippen LogP contribution in [0.4, 0.5) is 5.00 Å². The molecule has 1 aromatic carbocycles. The Bertz CT molecular complexity index is 702. The molecule has 2 heterocycles. The molecule has 0 saturated carbocycles. The zero-order chi connectivity index (χ0) is 16.9. The highest BCUT2D eigenvalue weighted by atomic mass is 79.9. The van der Waals surface area contributed by atoms with Crippen molar-refractivity contribution in [2.75, 3.05) is 37.8 Å². The Kier molecular flexibility index (Phi) is 7.68. The fourth-order valence-electron chi connectivity index (χ4n) is 2.62. The van der Waals surface area contributed by atoms with Gasteiger partial charge < -0.3 is 31.4 Å². The molecular weight excluding hydrogens is 428 g/mol. The van der Waals surface area contributed by atoms with Crippen molar-refractivity contribution < 1.29 is 35.2 Å².